The van der Waals surface area contributed by atoms with Crippen LogP contribution in [0.5, 0.6) is 0 Å². The maximum atomic E-state index is 14.0. The lowest BCUT2D eigenvalue weighted by Gasteiger charge is -2.34. The van der Waals surface area contributed by atoms with Crippen molar-refractivity contribution in [2.75, 3.05) is 31.2 Å². The second kappa shape index (κ2) is 5.65. The van der Waals surface area contributed by atoms with Gasteiger partial charge in [0.25, 0.3) is 0 Å². The summed E-state index contributed by atoms with van der Waals surface area (Å²) in [4.78, 5) is 1.85. The van der Waals surface area contributed by atoms with Gasteiger partial charge in [0, 0.05) is 13.1 Å². The van der Waals surface area contributed by atoms with Crippen LogP contribution < -0.4 is 4.90 Å². The molecule has 0 spiro atoms. The predicted octanol–water partition coefficient (Wildman–Crippen LogP) is 1.08. The maximum absolute atomic E-state index is 14.0. The molecule has 0 aromatic heterocycles. The number of benzene rings is 1. The van der Waals surface area contributed by atoms with E-state index in [-0.39, 0.29) is 18.5 Å². The molecule has 1 aromatic rings. The van der Waals surface area contributed by atoms with Crippen molar-refractivity contribution >= 4 is 5.69 Å². The van der Waals surface area contributed by atoms with Crippen molar-refractivity contribution in [2.45, 2.75) is 19.1 Å². The third kappa shape index (κ3) is 2.80. The number of aliphatic hydroxyl groups is 2. The first-order valence-electron chi connectivity index (χ1n) is 6.06. The second-order valence-corrected chi connectivity index (χ2v) is 4.51. The first-order chi connectivity index (χ1) is 8.61. The van der Waals surface area contributed by atoms with Crippen LogP contribution in [0.2, 0.25) is 0 Å². The number of ether oxygens (including phenoxy) is 1. The zero-order chi connectivity index (χ0) is 13.1. The van der Waals surface area contributed by atoms with Gasteiger partial charge in [-0.15, -0.1) is 0 Å². The van der Waals surface area contributed by atoms with Gasteiger partial charge in [-0.25, -0.2) is 4.39 Å². The molecule has 1 heterocycles. The molecule has 1 aliphatic rings. The third-order valence-electron chi connectivity index (χ3n) is 3.14. The van der Waals surface area contributed by atoms with Crippen LogP contribution in [0.4, 0.5) is 10.1 Å². The van der Waals surface area contributed by atoms with Crippen molar-refractivity contribution in [3.05, 3.63) is 29.6 Å². The number of morpholine rings is 1. The molecule has 1 fully saturated rings. The minimum Gasteiger partial charge on any atom is -0.394 e. The summed E-state index contributed by atoms with van der Waals surface area (Å²) in [5, 5.41) is 18.5. The van der Waals surface area contributed by atoms with E-state index in [0.717, 1.165) is 0 Å². The number of rotatable bonds is 3. The molecule has 0 bridgehead atoms. The minimum atomic E-state index is -0.677. The molecule has 1 saturated heterocycles. The van der Waals surface area contributed by atoms with Crippen molar-refractivity contribution < 1.29 is 19.3 Å². The molecule has 2 atom stereocenters. The van der Waals surface area contributed by atoms with Crippen LogP contribution in [-0.2, 0) is 4.74 Å². The van der Waals surface area contributed by atoms with Gasteiger partial charge >= 0.3 is 0 Å². The number of hydrogen-bond acceptors (Lipinski definition) is 4. The monoisotopic (exact) mass is 255 g/mol. The maximum Gasteiger partial charge on any atom is 0.146 e. The molecule has 0 aliphatic carbocycles. The van der Waals surface area contributed by atoms with Gasteiger partial charge in [0.15, 0.2) is 0 Å². The van der Waals surface area contributed by atoms with Crippen LogP contribution in [0.3, 0.4) is 0 Å². The fourth-order valence-corrected chi connectivity index (χ4v) is 2.09. The van der Waals surface area contributed by atoms with E-state index in [4.69, 9.17) is 9.84 Å². The number of anilines is 1. The van der Waals surface area contributed by atoms with Gasteiger partial charge in [0.2, 0.25) is 0 Å². The molecule has 1 aromatic carbocycles. The van der Waals surface area contributed by atoms with Gasteiger partial charge in [0.1, 0.15) is 5.82 Å². The Labute approximate surface area is 106 Å². The molecular weight excluding hydrogens is 237 g/mol. The Morgan fingerprint density at radius 3 is 2.94 bits per heavy atom. The molecule has 100 valence electrons. The highest BCUT2D eigenvalue weighted by atomic mass is 19.1. The highest BCUT2D eigenvalue weighted by Gasteiger charge is 2.22. The first-order valence-corrected chi connectivity index (χ1v) is 6.06. The second-order valence-electron chi connectivity index (χ2n) is 4.51. The van der Waals surface area contributed by atoms with Crippen molar-refractivity contribution in [2.24, 2.45) is 0 Å². The normalized spacial score (nSPS) is 22.0. The standard InChI is InChI=1S/C13H18FNO3/c1-9(17)10-2-3-13(12(14)6-10)15-4-5-18-11(7-15)8-16/h2-3,6,9,11,16-17H,4-5,7-8H2,1H3/t9-,11?/m0/s1. The van der Waals surface area contributed by atoms with Crippen molar-refractivity contribution in [1.82, 2.24) is 0 Å². The summed E-state index contributed by atoms with van der Waals surface area (Å²) in [5.74, 6) is -0.355. The van der Waals surface area contributed by atoms with Crippen LogP contribution in [0, 0.1) is 5.82 Å². The molecule has 1 aliphatic heterocycles. The quantitative estimate of drug-likeness (QED) is 0.848. The summed E-state index contributed by atoms with van der Waals surface area (Å²) in [6, 6.07) is 4.73. The molecule has 2 rings (SSSR count). The summed E-state index contributed by atoms with van der Waals surface area (Å²) in [5.41, 5.74) is 1.05. The number of nitrogens with zero attached hydrogens (tertiary/aromatic N) is 1. The largest absolute Gasteiger partial charge is 0.394 e. The van der Waals surface area contributed by atoms with E-state index in [0.29, 0.717) is 30.9 Å². The molecule has 0 radical (unpaired) electrons. The zero-order valence-electron chi connectivity index (χ0n) is 10.3. The number of hydrogen-bond donors (Lipinski definition) is 2. The van der Waals surface area contributed by atoms with Crippen LogP contribution in [0.15, 0.2) is 18.2 Å². The summed E-state index contributed by atoms with van der Waals surface area (Å²) in [7, 11) is 0. The fourth-order valence-electron chi connectivity index (χ4n) is 2.09. The lowest BCUT2D eigenvalue weighted by Crippen LogP contribution is -2.44. The van der Waals surface area contributed by atoms with Crippen LogP contribution in [0.25, 0.3) is 0 Å². The molecule has 5 heteroatoms. The molecule has 0 amide bonds. The summed E-state index contributed by atoms with van der Waals surface area (Å²) in [6.45, 7) is 3.08. The van der Waals surface area contributed by atoms with Gasteiger partial charge < -0.3 is 19.8 Å². The van der Waals surface area contributed by atoms with E-state index in [9.17, 15) is 9.50 Å². The molecular formula is C13H18FNO3. The first kappa shape index (κ1) is 13.3. The van der Waals surface area contributed by atoms with E-state index in [1.807, 2.05) is 4.90 Å². The van der Waals surface area contributed by atoms with E-state index in [1.165, 1.54) is 6.07 Å². The van der Waals surface area contributed by atoms with Gasteiger partial charge in [-0.1, -0.05) is 6.07 Å². The Bertz CT molecular complexity index is 411. The summed E-state index contributed by atoms with van der Waals surface area (Å²) >= 11 is 0. The van der Waals surface area contributed by atoms with E-state index in [1.54, 1.807) is 19.1 Å². The Hall–Kier alpha value is -1.17. The van der Waals surface area contributed by atoms with Crippen molar-refractivity contribution in [1.29, 1.82) is 0 Å². The molecule has 2 N–H and O–H groups in total. The average molecular weight is 255 g/mol. The Morgan fingerprint density at radius 2 is 2.33 bits per heavy atom. The average Bonchev–Trinajstić information content (AvgIpc) is 2.38. The lowest BCUT2D eigenvalue weighted by atomic mass is 10.1. The summed E-state index contributed by atoms with van der Waals surface area (Å²) in [6.07, 6.45) is -0.946. The minimum absolute atomic E-state index is 0.0656. The molecule has 0 saturated carbocycles. The van der Waals surface area contributed by atoms with Crippen molar-refractivity contribution in [3.8, 4) is 0 Å². The Morgan fingerprint density at radius 1 is 1.56 bits per heavy atom. The van der Waals surface area contributed by atoms with Gasteiger partial charge in [0.05, 0.1) is 31.1 Å². The van der Waals surface area contributed by atoms with Crippen molar-refractivity contribution in [3.63, 3.8) is 0 Å². The van der Waals surface area contributed by atoms with E-state index < -0.39 is 6.10 Å². The van der Waals surface area contributed by atoms with Crippen LogP contribution in [-0.4, -0.2) is 42.6 Å². The molecule has 4 nitrogen and oxygen atoms in total. The van der Waals surface area contributed by atoms with Gasteiger partial charge in [-0.2, -0.15) is 0 Å². The number of halogens is 1. The topological polar surface area (TPSA) is 52.9 Å². The molecule has 18 heavy (non-hydrogen) atoms. The van der Waals surface area contributed by atoms with E-state index >= 15 is 0 Å². The van der Waals surface area contributed by atoms with Crippen LogP contribution in [0.1, 0.15) is 18.6 Å². The Balaban J connectivity index is 2.17. The zero-order valence-corrected chi connectivity index (χ0v) is 10.3. The number of aliphatic hydroxyl groups excluding tert-OH is 2. The van der Waals surface area contributed by atoms with Gasteiger partial charge in [-0.3, -0.25) is 0 Å². The predicted molar refractivity (Wildman–Crippen MR) is 66.1 cm³/mol. The van der Waals surface area contributed by atoms with E-state index in [2.05, 4.69) is 0 Å². The fraction of sp³-hybridized carbons (Fsp3) is 0.538. The summed E-state index contributed by atoms with van der Waals surface area (Å²) < 4.78 is 19.3. The third-order valence-corrected chi connectivity index (χ3v) is 3.14. The highest BCUT2D eigenvalue weighted by molar-refractivity contribution is 5.50. The van der Waals surface area contributed by atoms with Crippen LogP contribution >= 0.6 is 0 Å². The van der Waals surface area contributed by atoms with Gasteiger partial charge in [-0.05, 0) is 24.6 Å². The Kier molecular flexibility index (Phi) is 4.16. The highest BCUT2D eigenvalue weighted by Crippen LogP contribution is 2.25. The smallest absolute Gasteiger partial charge is 0.146 e. The molecule has 1 unspecified atom stereocenters. The SMILES string of the molecule is C[C@H](O)c1ccc(N2CCOC(CO)C2)c(F)c1. The lowest BCUT2D eigenvalue weighted by molar-refractivity contribution is 0.00340.